The van der Waals surface area contributed by atoms with E-state index in [1.54, 1.807) is 18.2 Å². The first kappa shape index (κ1) is 21.1. The van der Waals surface area contributed by atoms with Crippen molar-refractivity contribution in [2.45, 2.75) is 20.8 Å². The molecule has 0 aliphatic heterocycles. The molecule has 4 aromatic rings. The van der Waals surface area contributed by atoms with Crippen molar-refractivity contribution >= 4 is 17.1 Å². The topological polar surface area (TPSA) is 73.2 Å². The van der Waals surface area contributed by atoms with Gasteiger partial charge in [-0.2, -0.15) is 0 Å². The fourth-order valence-corrected chi connectivity index (χ4v) is 3.55. The molecule has 0 bridgehead atoms. The molecule has 162 valence electrons. The van der Waals surface area contributed by atoms with Crippen LogP contribution in [-0.2, 0) is 0 Å². The fraction of sp³-hybridized carbons (Fsp3) is 0.111. The molecule has 32 heavy (non-hydrogen) atoms. The lowest BCUT2D eigenvalue weighted by atomic mass is 10.1. The summed E-state index contributed by atoms with van der Waals surface area (Å²) >= 11 is 0. The molecule has 0 aromatic heterocycles. The Morgan fingerprint density at radius 2 is 1.12 bits per heavy atom. The molecule has 0 fully saturated rings. The largest absolute Gasteiger partial charge is 0.508 e. The highest BCUT2D eigenvalue weighted by molar-refractivity contribution is 5.84. The summed E-state index contributed by atoms with van der Waals surface area (Å²) in [6, 6.07) is 23.5. The number of phenols is 3. The van der Waals surface area contributed by atoms with E-state index in [4.69, 9.17) is 4.74 Å². The number of nitrogens with zero attached hydrogens (tertiary/aromatic N) is 1. The SMILES string of the molecule is Cc1cc(Oc2ccc(N(c3cccc(C)c3O)c3cccc(C)c3O)cc2)ccc1O. The summed E-state index contributed by atoms with van der Waals surface area (Å²) in [5.74, 6) is 1.76. The van der Waals surface area contributed by atoms with Crippen LogP contribution in [0.3, 0.4) is 0 Å². The second kappa shape index (κ2) is 8.55. The Morgan fingerprint density at radius 3 is 1.66 bits per heavy atom. The van der Waals surface area contributed by atoms with Gasteiger partial charge in [0, 0.05) is 5.69 Å². The van der Waals surface area contributed by atoms with Crippen molar-refractivity contribution in [1.29, 1.82) is 0 Å². The maximum Gasteiger partial charge on any atom is 0.142 e. The van der Waals surface area contributed by atoms with Gasteiger partial charge in [0.2, 0.25) is 0 Å². The molecule has 3 N–H and O–H groups in total. The van der Waals surface area contributed by atoms with Gasteiger partial charge in [-0.3, -0.25) is 0 Å². The molecule has 4 rings (SSSR count). The minimum Gasteiger partial charge on any atom is -0.508 e. The van der Waals surface area contributed by atoms with Crippen molar-refractivity contribution in [2.75, 3.05) is 4.90 Å². The molecule has 0 spiro atoms. The third kappa shape index (κ3) is 4.05. The van der Waals surface area contributed by atoms with Crippen LogP contribution in [0.5, 0.6) is 28.7 Å². The van der Waals surface area contributed by atoms with Crippen LogP contribution in [0.4, 0.5) is 17.1 Å². The number of benzene rings is 4. The van der Waals surface area contributed by atoms with Crippen LogP contribution in [0.1, 0.15) is 16.7 Å². The molecular weight excluding hydrogens is 402 g/mol. The first-order valence-corrected chi connectivity index (χ1v) is 10.3. The summed E-state index contributed by atoms with van der Waals surface area (Å²) in [6.45, 7) is 5.49. The molecule has 0 aliphatic carbocycles. The van der Waals surface area contributed by atoms with Crippen LogP contribution in [0, 0.1) is 20.8 Å². The van der Waals surface area contributed by atoms with Crippen LogP contribution in [0.25, 0.3) is 0 Å². The van der Waals surface area contributed by atoms with Gasteiger partial charge in [0.15, 0.2) is 0 Å². The molecule has 0 heterocycles. The van der Waals surface area contributed by atoms with Gasteiger partial charge < -0.3 is 25.0 Å². The zero-order chi connectivity index (χ0) is 22.8. The van der Waals surface area contributed by atoms with E-state index in [1.165, 1.54) is 0 Å². The Hall–Kier alpha value is -4.12. The Balaban J connectivity index is 1.75. The van der Waals surface area contributed by atoms with E-state index in [1.807, 2.05) is 86.3 Å². The number of rotatable bonds is 5. The van der Waals surface area contributed by atoms with Gasteiger partial charge in [-0.25, -0.2) is 0 Å². The Morgan fingerprint density at radius 1 is 0.594 bits per heavy atom. The molecule has 0 atom stereocenters. The Bertz CT molecular complexity index is 1210. The van der Waals surface area contributed by atoms with Crippen LogP contribution in [-0.4, -0.2) is 15.3 Å². The predicted molar refractivity (Wildman–Crippen MR) is 127 cm³/mol. The van der Waals surface area contributed by atoms with Crippen molar-refractivity contribution in [3.8, 4) is 28.7 Å². The van der Waals surface area contributed by atoms with Crippen molar-refractivity contribution in [3.05, 3.63) is 95.6 Å². The highest BCUT2D eigenvalue weighted by Gasteiger charge is 2.20. The molecule has 0 aliphatic rings. The van der Waals surface area contributed by atoms with Crippen molar-refractivity contribution in [3.63, 3.8) is 0 Å². The molecule has 0 saturated carbocycles. The van der Waals surface area contributed by atoms with E-state index in [2.05, 4.69) is 0 Å². The van der Waals surface area contributed by atoms with Crippen LogP contribution >= 0.6 is 0 Å². The van der Waals surface area contributed by atoms with E-state index in [9.17, 15) is 15.3 Å². The van der Waals surface area contributed by atoms with Gasteiger partial charge in [0.1, 0.15) is 28.7 Å². The number of hydrogen-bond donors (Lipinski definition) is 3. The fourth-order valence-electron chi connectivity index (χ4n) is 3.55. The summed E-state index contributed by atoms with van der Waals surface area (Å²) in [5.41, 5.74) is 4.09. The highest BCUT2D eigenvalue weighted by atomic mass is 16.5. The van der Waals surface area contributed by atoms with Crippen LogP contribution in [0.2, 0.25) is 0 Å². The van der Waals surface area contributed by atoms with Gasteiger partial charge in [0.05, 0.1) is 11.4 Å². The van der Waals surface area contributed by atoms with E-state index >= 15 is 0 Å². The number of aromatic hydroxyl groups is 3. The second-order valence-electron chi connectivity index (χ2n) is 7.76. The standard InChI is InChI=1S/C27H25NO4/c1-17-6-4-8-23(26(17)30)28(24-9-5-7-18(2)27(24)31)20-10-12-21(13-11-20)32-22-14-15-25(29)19(3)16-22/h4-16,29-31H,1-3H3. The quantitative estimate of drug-likeness (QED) is 0.320. The van der Waals surface area contributed by atoms with Gasteiger partial charge in [0.25, 0.3) is 0 Å². The maximum atomic E-state index is 10.8. The predicted octanol–water partition coefficient (Wildman–Crippen LogP) is 6.99. The minimum atomic E-state index is 0.147. The molecule has 0 amide bonds. The van der Waals surface area contributed by atoms with E-state index in [0.29, 0.717) is 22.9 Å². The average molecular weight is 428 g/mol. The zero-order valence-electron chi connectivity index (χ0n) is 18.2. The third-order valence-electron chi connectivity index (χ3n) is 5.41. The normalized spacial score (nSPS) is 10.7. The summed E-state index contributed by atoms with van der Waals surface area (Å²) < 4.78 is 5.92. The number of ether oxygens (including phenoxy) is 1. The molecule has 5 heteroatoms. The monoisotopic (exact) mass is 427 g/mol. The van der Waals surface area contributed by atoms with Gasteiger partial charge >= 0.3 is 0 Å². The van der Waals surface area contributed by atoms with Crippen LogP contribution < -0.4 is 9.64 Å². The number of phenolic OH excluding ortho intramolecular Hbond substituents is 3. The lowest BCUT2D eigenvalue weighted by Crippen LogP contribution is -2.11. The lowest BCUT2D eigenvalue weighted by molar-refractivity contribution is 0.460. The average Bonchev–Trinajstić information content (AvgIpc) is 2.78. The first-order chi connectivity index (χ1) is 15.3. The second-order valence-corrected chi connectivity index (χ2v) is 7.76. The van der Waals surface area contributed by atoms with E-state index in [-0.39, 0.29) is 17.2 Å². The van der Waals surface area contributed by atoms with Gasteiger partial charge in [-0.05, 0) is 92.1 Å². The third-order valence-corrected chi connectivity index (χ3v) is 5.41. The molecule has 0 unspecified atom stereocenters. The van der Waals surface area contributed by atoms with Crippen LogP contribution in [0.15, 0.2) is 78.9 Å². The summed E-state index contributed by atoms with van der Waals surface area (Å²) in [4.78, 5) is 1.82. The summed E-state index contributed by atoms with van der Waals surface area (Å²) in [6.07, 6.45) is 0. The highest BCUT2D eigenvalue weighted by Crippen LogP contribution is 2.45. The summed E-state index contributed by atoms with van der Waals surface area (Å²) in [5, 5.41) is 31.3. The van der Waals surface area contributed by atoms with Gasteiger partial charge in [-0.1, -0.05) is 24.3 Å². The van der Waals surface area contributed by atoms with Crippen molar-refractivity contribution in [1.82, 2.24) is 0 Å². The number of hydrogen-bond acceptors (Lipinski definition) is 5. The zero-order valence-corrected chi connectivity index (χ0v) is 18.2. The summed E-state index contributed by atoms with van der Waals surface area (Å²) in [7, 11) is 0. The molecule has 0 radical (unpaired) electrons. The Labute approximate surface area is 187 Å². The molecule has 4 aromatic carbocycles. The van der Waals surface area contributed by atoms with Gasteiger partial charge in [-0.15, -0.1) is 0 Å². The first-order valence-electron chi connectivity index (χ1n) is 10.3. The molecule has 5 nitrogen and oxygen atoms in total. The number of aryl methyl sites for hydroxylation is 3. The number of anilines is 3. The maximum absolute atomic E-state index is 10.8. The molecular formula is C27H25NO4. The lowest BCUT2D eigenvalue weighted by Gasteiger charge is -2.27. The number of para-hydroxylation sites is 2. The Kier molecular flexibility index (Phi) is 5.65. The van der Waals surface area contributed by atoms with E-state index < -0.39 is 0 Å². The van der Waals surface area contributed by atoms with Crippen molar-refractivity contribution in [2.24, 2.45) is 0 Å². The van der Waals surface area contributed by atoms with Crippen molar-refractivity contribution < 1.29 is 20.1 Å². The van der Waals surface area contributed by atoms with E-state index in [0.717, 1.165) is 22.4 Å². The molecule has 0 saturated heterocycles. The smallest absolute Gasteiger partial charge is 0.142 e. The minimum absolute atomic E-state index is 0.147.